The van der Waals surface area contributed by atoms with Crippen LogP contribution in [0, 0.1) is 12.3 Å². The molecule has 0 aromatic heterocycles. The van der Waals surface area contributed by atoms with Crippen molar-refractivity contribution >= 4 is 0 Å². The second kappa shape index (κ2) is 6.24. The molecule has 18 heavy (non-hydrogen) atoms. The van der Waals surface area contributed by atoms with Crippen molar-refractivity contribution in [1.29, 1.82) is 0 Å². The normalized spacial score (nSPS) is 11.9. The summed E-state index contributed by atoms with van der Waals surface area (Å²) in [5, 5.41) is 3.21. The molecule has 0 aliphatic heterocycles. The molecule has 0 amide bonds. The average molecular weight is 249 g/mol. The molecule has 0 fully saturated rings. The fraction of sp³-hybridized carbons (Fsp3) is 0.625. The van der Waals surface area contributed by atoms with Gasteiger partial charge in [0.2, 0.25) is 0 Å². The fourth-order valence-corrected chi connectivity index (χ4v) is 2.05. The molecule has 0 saturated heterocycles. The van der Waals surface area contributed by atoms with Crippen molar-refractivity contribution in [3.63, 3.8) is 0 Å². The molecular formula is C16H27NO. The molecule has 2 heteroatoms. The van der Waals surface area contributed by atoms with Crippen molar-refractivity contribution in [2.45, 2.75) is 40.5 Å². The van der Waals surface area contributed by atoms with Gasteiger partial charge in [-0.3, -0.25) is 0 Å². The second-order valence-corrected chi connectivity index (χ2v) is 6.18. The first-order valence-electron chi connectivity index (χ1n) is 6.73. The monoisotopic (exact) mass is 249 g/mol. The van der Waals surface area contributed by atoms with Crippen LogP contribution in [-0.2, 0) is 0 Å². The minimum absolute atomic E-state index is 0.146. The maximum absolute atomic E-state index is 6.06. The standard InChI is InChI=1S/C16H27NO/c1-12(2)14-8-7-13(3)9-15(14)18-11-16(4,5)10-17-6/h7-9,12,17H,10-11H2,1-6H3. The molecule has 1 aromatic carbocycles. The molecule has 0 radical (unpaired) electrons. The molecule has 0 unspecified atom stereocenters. The Morgan fingerprint density at radius 1 is 1.28 bits per heavy atom. The van der Waals surface area contributed by atoms with Gasteiger partial charge in [-0.2, -0.15) is 0 Å². The molecule has 2 nitrogen and oxygen atoms in total. The molecule has 0 aliphatic carbocycles. The smallest absolute Gasteiger partial charge is 0.123 e. The summed E-state index contributed by atoms with van der Waals surface area (Å²) in [7, 11) is 1.98. The van der Waals surface area contributed by atoms with Gasteiger partial charge in [-0.15, -0.1) is 0 Å². The van der Waals surface area contributed by atoms with Gasteiger partial charge in [-0.25, -0.2) is 0 Å². The van der Waals surface area contributed by atoms with Crippen molar-refractivity contribution in [3.8, 4) is 5.75 Å². The third-order valence-electron chi connectivity index (χ3n) is 3.06. The van der Waals surface area contributed by atoms with Crippen LogP contribution in [0.25, 0.3) is 0 Å². The van der Waals surface area contributed by atoms with E-state index < -0.39 is 0 Å². The molecule has 1 N–H and O–H groups in total. The first kappa shape index (κ1) is 15.0. The van der Waals surface area contributed by atoms with Gasteiger partial charge in [-0.1, -0.05) is 39.8 Å². The number of hydrogen-bond donors (Lipinski definition) is 1. The van der Waals surface area contributed by atoms with Crippen LogP contribution >= 0.6 is 0 Å². The fourth-order valence-electron chi connectivity index (χ4n) is 2.05. The van der Waals surface area contributed by atoms with E-state index >= 15 is 0 Å². The van der Waals surface area contributed by atoms with Gasteiger partial charge < -0.3 is 10.1 Å². The molecular weight excluding hydrogens is 222 g/mol. The van der Waals surface area contributed by atoms with Crippen LogP contribution in [0.2, 0.25) is 0 Å². The molecule has 0 heterocycles. The molecule has 102 valence electrons. The van der Waals surface area contributed by atoms with Crippen LogP contribution in [0.4, 0.5) is 0 Å². The average Bonchev–Trinajstić information content (AvgIpc) is 2.26. The zero-order valence-corrected chi connectivity index (χ0v) is 12.6. The number of benzene rings is 1. The Bertz CT molecular complexity index is 383. The van der Waals surface area contributed by atoms with Crippen molar-refractivity contribution in [2.24, 2.45) is 5.41 Å². The first-order valence-corrected chi connectivity index (χ1v) is 6.73. The van der Waals surface area contributed by atoms with E-state index in [4.69, 9.17) is 4.74 Å². The van der Waals surface area contributed by atoms with E-state index in [1.54, 1.807) is 0 Å². The van der Waals surface area contributed by atoms with Gasteiger partial charge in [0.15, 0.2) is 0 Å². The minimum atomic E-state index is 0.146. The van der Waals surface area contributed by atoms with Crippen LogP contribution in [-0.4, -0.2) is 20.2 Å². The predicted octanol–water partition coefficient (Wildman–Crippen LogP) is 3.74. The van der Waals surface area contributed by atoms with E-state index in [9.17, 15) is 0 Å². The minimum Gasteiger partial charge on any atom is -0.493 e. The van der Waals surface area contributed by atoms with Gasteiger partial charge in [0.05, 0.1) is 6.61 Å². The summed E-state index contributed by atoms with van der Waals surface area (Å²) in [6.07, 6.45) is 0. The summed E-state index contributed by atoms with van der Waals surface area (Å²) < 4.78 is 6.06. The van der Waals surface area contributed by atoms with Crippen LogP contribution in [0.1, 0.15) is 44.7 Å². The van der Waals surface area contributed by atoms with Gasteiger partial charge in [-0.05, 0) is 37.1 Å². The predicted molar refractivity (Wildman–Crippen MR) is 78.5 cm³/mol. The zero-order chi connectivity index (χ0) is 13.8. The van der Waals surface area contributed by atoms with Gasteiger partial charge in [0.1, 0.15) is 5.75 Å². The first-order chi connectivity index (χ1) is 8.35. The highest BCUT2D eigenvalue weighted by Crippen LogP contribution is 2.29. The maximum Gasteiger partial charge on any atom is 0.123 e. The lowest BCUT2D eigenvalue weighted by atomic mass is 9.94. The summed E-state index contributed by atoms with van der Waals surface area (Å²) in [5.74, 6) is 1.53. The van der Waals surface area contributed by atoms with E-state index in [1.165, 1.54) is 11.1 Å². The molecule has 0 aliphatic rings. The van der Waals surface area contributed by atoms with Crippen molar-refractivity contribution in [3.05, 3.63) is 29.3 Å². The van der Waals surface area contributed by atoms with E-state index in [1.807, 2.05) is 7.05 Å². The number of aryl methyl sites for hydroxylation is 1. The highest BCUT2D eigenvalue weighted by atomic mass is 16.5. The Morgan fingerprint density at radius 3 is 2.50 bits per heavy atom. The Labute approximate surface area is 112 Å². The van der Waals surface area contributed by atoms with Gasteiger partial charge in [0, 0.05) is 12.0 Å². The molecule has 0 spiro atoms. The zero-order valence-electron chi connectivity index (χ0n) is 12.6. The summed E-state index contributed by atoms with van der Waals surface area (Å²) in [6.45, 7) is 12.6. The Kier molecular flexibility index (Phi) is 5.21. The Hall–Kier alpha value is -1.02. The third kappa shape index (κ3) is 4.34. The molecule has 1 aromatic rings. The molecule has 1 rings (SSSR count). The van der Waals surface area contributed by atoms with E-state index in [-0.39, 0.29) is 5.41 Å². The highest BCUT2D eigenvalue weighted by molar-refractivity contribution is 5.39. The summed E-state index contributed by atoms with van der Waals surface area (Å²) >= 11 is 0. The Balaban J connectivity index is 2.80. The second-order valence-electron chi connectivity index (χ2n) is 6.18. The summed E-state index contributed by atoms with van der Waals surface area (Å²) in [6, 6.07) is 6.48. The van der Waals surface area contributed by atoms with Crippen LogP contribution < -0.4 is 10.1 Å². The van der Waals surface area contributed by atoms with Crippen molar-refractivity contribution in [1.82, 2.24) is 5.32 Å². The lowest BCUT2D eigenvalue weighted by Crippen LogP contribution is -2.32. The van der Waals surface area contributed by atoms with Gasteiger partial charge >= 0.3 is 0 Å². The molecule has 0 atom stereocenters. The number of nitrogens with one attached hydrogen (secondary N) is 1. The molecule has 0 saturated carbocycles. The van der Waals surface area contributed by atoms with Crippen LogP contribution in [0.15, 0.2) is 18.2 Å². The van der Waals surface area contributed by atoms with E-state index in [0.717, 1.165) is 18.9 Å². The topological polar surface area (TPSA) is 21.3 Å². The lowest BCUT2D eigenvalue weighted by Gasteiger charge is -2.25. The SMILES string of the molecule is CNCC(C)(C)COc1cc(C)ccc1C(C)C. The molecule has 0 bridgehead atoms. The maximum atomic E-state index is 6.06. The number of hydrogen-bond acceptors (Lipinski definition) is 2. The van der Waals surface area contributed by atoms with Crippen molar-refractivity contribution in [2.75, 3.05) is 20.2 Å². The summed E-state index contributed by atoms with van der Waals surface area (Å²) in [5.41, 5.74) is 2.69. The summed E-state index contributed by atoms with van der Waals surface area (Å²) in [4.78, 5) is 0. The van der Waals surface area contributed by atoms with Crippen molar-refractivity contribution < 1.29 is 4.74 Å². The number of ether oxygens (including phenoxy) is 1. The van der Waals surface area contributed by atoms with Gasteiger partial charge in [0.25, 0.3) is 0 Å². The van der Waals surface area contributed by atoms with E-state index in [2.05, 4.69) is 58.1 Å². The van der Waals surface area contributed by atoms with E-state index in [0.29, 0.717) is 5.92 Å². The highest BCUT2D eigenvalue weighted by Gasteiger charge is 2.19. The Morgan fingerprint density at radius 2 is 1.94 bits per heavy atom. The van der Waals surface area contributed by atoms with Crippen LogP contribution in [0.3, 0.4) is 0 Å². The van der Waals surface area contributed by atoms with Crippen LogP contribution in [0.5, 0.6) is 5.75 Å². The lowest BCUT2D eigenvalue weighted by molar-refractivity contribution is 0.177. The largest absolute Gasteiger partial charge is 0.493 e. The number of rotatable bonds is 6. The quantitative estimate of drug-likeness (QED) is 0.829. The third-order valence-corrected chi connectivity index (χ3v) is 3.06.